The molecule has 5 rings (SSSR count). The van der Waals surface area contributed by atoms with Crippen LogP contribution in [0.2, 0.25) is 0 Å². The number of methoxy groups -OCH3 is 2. The van der Waals surface area contributed by atoms with Crippen molar-refractivity contribution in [3.8, 4) is 23.0 Å². The summed E-state index contributed by atoms with van der Waals surface area (Å²) in [6, 6.07) is 17.9. The van der Waals surface area contributed by atoms with Crippen LogP contribution in [0.5, 0.6) is 23.0 Å². The number of phenolic OH excluding ortho intramolecular Hbond substituents is 2. The predicted molar refractivity (Wildman–Crippen MR) is 144 cm³/mol. The number of carbonyl (C=O) groups excluding carboxylic acids is 1. The SMILES string of the molecule is COc1c(C(C)C)oc2cc3oc(=O)ccc3cc12.COc1ccc(CC(=O)c2ccc(O)cc2O)cc1. The Hall–Kier alpha value is -4.72. The average molecular weight is 517 g/mol. The van der Waals surface area contributed by atoms with Gasteiger partial charge in [0.2, 0.25) is 0 Å². The minimum Gasteiger partial charge on any atom is -0.508 e. The summed E-state index contributed by atoms with van der Waals surface area (Å²) in [6.07, 6.45) is 0.183. The Morgan fingerprint density at radius 3 is 2.24 bits per heavy atom. The van der Waals surface area contributed by atoms with Crippen LogP contribution in [0, 0.1) is 0 Å². The molecule has 196 valence electrons. The summed E-state index contributed by atoms with van der Waals surface area (Å²) in [5.74, 6) is 2.01. The van der Waals surface area contributed by atoms with Crippen molar-refractivity contribution in [2.24, 2.45) is 0 Å². The number of carbonyl (C=O) groups is 1. The molecule has 0 fully saturated rings. The highest BCUT2D eigenvalue weighted by atomic mass is 16.5. The van der Waals surface area contributed by atoms with Crippen LogP contribution in [0.1, 0.15) is 41.4 Å². The molecule has 0 unspecified atom stereocenters. The quantitative estimate of drug-likeness (QED) is 0.202. The standard InChI is InChI=1S/2C15H14O4/c1-8(2)14-15(17-3)10-6-9-4-5-13(16)18-11(9)7-12(10)19-14;1-19-12-5-2-10(3-6-12)8-14(17)13-7-4-11(16)9-15(13)18/h4-8H,1-3H3;2-7,9,16,18H,8H2,1H3. The highest BCUT2D eigenvalue weighted by Gasteiger charge is 2.18. The average Bonchev–Trinajstić information content (AvgIpc) is 3.25. The highest BCUT2D eigenvalue weighted by molar-refractivity contribution is 6.00. The Morgan fingerprint density at radius 2 is 1.61 bits per heavy atom. The van der Waals surface area contributed by atoms with E-state index in [1.165, 1.54) is 18.2 Å². The second-order valence-corrected chi connectivity index (χ2v) is 8.94. The van der Waals surface area contributed by atoms with E-state index in [0.717, 1.165) is 39.7 Å². The Bertz CT molecular complexity index is 1640. The van der Waals surface area contributed by atoms with E-state index in [2.05, 4.69) is 0 Å². The van der Waals surface area contributed by atoms with Gasteiger partial charge in [-0.2, -0.15) is 0 Å². The lowest BCUT2D eigenvalue weighted by Gasteiger charge is -2.05. The van der Waals surface area contributed by atoms with Crippen LogP contribution in [-0.2, 0) is 6.42 Å². The van der Waals surface area contributed by atoms with E-state index < -0.39 is 0 Å². The lowest BCUT2D eigenvalue weighted by atomic mass is 10.0. The fourth-order valence-corrected chi connectivity index (χ4v) is 4.03. The van der Waals surface area contributed by atoms with Gasteiger partial charge in [-0.3, -0.25) is 4.79 Å². The summed E-state index contributed by atoms with van der Waals surface area (Å²) in [6.45, 7) is 4.08. The molecule has 8 nitrogen and oxygen atoms in total. The molecule has 0 spiro atoms. The molecule has 0 aliphatic heterocycles. The van der Waals surface area contributed by atoms with Crippen molar-refractivity contribution in [2.75, 3.05) is 14.2 Å². The van der Waals surface area contributed by atoms with E-state index in [1.807, 2.05) is 19.9 Å². The minimum atomic E-state index is -0.366. The summed E-state index contributed by atoms with van der Waals surface area (Å²) in [5.41, 5.74) is 1.86. The van der Waals surface area contributed by atoms with Crippen LogP contribution >= 0.6 is 0 Å². The summed E-state index contributed by atoms with van der Waals surface area (Å²) in [7, 11) is 3.21. The molecule has 0 saturated carbocycles. The predicted octanol–water partition coefficient (Wildman–Crippen LogP) is 6.20. The van der Waals surface area contributed by atoms with Crippen LogP contribution in [-0.4, -0.2) is 30.2 Å². The summed E-state index contributed by atoms with van der Waals surface area (Å²) < 4.78 is 21.5. The van der Waals surface area contributed by atoms with Crippen molar-refractivity contribution in [3.63, 3.8) is 0 Å². The molecule has 8 heteroatoms. The van der Waals surface area contributed by atoms with Gasteiger partial charge in [-0.1, -0.05) is 26.0 Å². The molecule has 0 bridgehead atoms. The third-order valence-corrected chi connectivity index (χ3v) is 5.94. The molecule has 5 aromatic rings. The number of phenols is 2. The van der Waals surface area contributed by atoms with Gasteiger partial charge in [-0.05, 0) is 42.0 Å². The molecule has 38 heavy (non-hydrogen) atoms. The first-order valence-corrected chi connectivity index (χ1v) is 11.9. The van der Waals surface area contributed by atoms with E-state index in [4.69, 9.17) is 18.3 Å². The van der Waals surface area contributed by atoms with E-state index >= 15 is 0 Å². The maximum absolute atomic E-state index is 12.0. The topological polar surface area (TPSA) is 119 Å². The maximum Gasteiger partial charge on any atom is 0.336 e. The van der Waals surface area contributed by atoms with Crippen LogP contribution in [0.15, 0.2) is 80.4 Å². The number of Topliss-reactive ketones (excluding diaryl/α,β-unsaturated/α-hetero) is 1. The molecular weight excluding hydrogens is 488 g/mol. The number of aromatic hydroxyl groups is 2. The van der Waals surface area contributed by atoms with E-state index in [-0.39, 0.29) is 40.8 Å². The van der Waals surface area contributed by atoms with Crippen LogP contribution in [0.4, 0.5) is 0 Å². The first-order valence-electron chi connectivity index (χ1n) is 11.9. The number of ketones is 1. The summed E-state index contributed by atoms with van der Waals surface area (Å²) in [4.78, 5) is 23.3. The molecule has 2 N–H and O–H groups in total. The zero-order chi connectivity index (χ0) is 27.4. The van der Waals surface area contributed by atoms with E-state index in [9.17, 15) is 19.8 Å². The zero-order valence-corrected chi connectivity index (χ0v) is 21.5. The molecule has 0 atom stereocenters. The Kier molecular flexibility index (Phi) is 7.71. The fourth-order valence-electron chi connectivity index (χ4n) is 4.03. The maximum atomic E-state index is 12.0. The molecule has 2 heterocycles. The van der Waals surface area contributed by atoms with Crippen LogP contribution < -0.4 is 15.1 Å². The van der Waals surface area contributed by atoms with Gasteiger partial charge in [-0.25, -0.2) is 4.79 Å². The Labute approximate surface area is 218 Å². The van der Waals surface area contributed by atoms with Crippen molar-refractivity contribution in [1.82, 2.24) is 0 Å². The van der Waals surface area contributed by atoms with E-state index in [0.29, 0.717) is 11.2 Å². The monoisotopic (exact) mass is 516 g/mol. The lowest BCUT2D eigenvalue weighted by Crippen LogP contribution is -2.03. The molecule has 2 aromatic heterocycles. The van der Waals surface area contributed by atoms with Gasteiger partial charge in [0.1, 0.15) is 34.2 Å². The molecule has 0 saturated heterocycles. The number of hydrogen-bond acceptors (Lipinski definition) is 8. The molecule has 0 radical (unpaired) electrons. The summed E-state index contributed by atoms with van der Waals surface area (Å²) >= 11 is 0. The van der Waals surface area contributed by atoms with Gasteiger partial charge in [-0.15, -0.1) is 0 Å². The van der Waals surface area contributed by atoms with Gasteiger partial charge < -0.3 is 28.5 Å². The normalized spacial score (nSPS) is 10.9. The first-order chi connectivity index (χ1) is 18.2. The van der Waals surface area contributed by atoms with Crippen molar-refractivity contribution in [2.45, 2.75) is 26.2 Å². The van der Waals surface area contributed by atoms with Gasteiger partial charge in [0.05, 0.1) is 25.2 Å². The number of hydrogen-bond donors (Lipinski definition) is 2. The summed E-state index contributed by atoms with van der Waals surface area (Å²) in [5, 5.41) is 20.5. The second-order valence-electron chi connectivity index (χ2n) is 8.94. The number of ether oxygens (including phenoxy) is 2. The Morgan fingerprint density at radius 1 is 0.868 bits per heavy atom. The third kappa shape index (κ3) is 5.64. The minimum absolute atomic E-state index is 0.0708. The van der Waals surface area contributed by atoms with E-state index in [1.54, 1.807) is 50.6 Å². The fraction of sp³-hybridized carbons (Fsp3) is 0.200. The molecule has 0 aliphatic rings. The van der Waals surface area contributed by atoms with Gasteiger partial charge in [0.15, 0.2) is 11.5 Å². The second kappa shape index (κ2) is 11.1. The van der Waals surface area contributed by atoms with Crippen LogP contribution in [0.25, 0.3) is 21.9 Å². The van der Waals surface area contributed by atoms with Crippen LogP contribution in [0.3, 0.4) is 0 Å². The molecule has 0 aliphatic carbocycles. The molecule has 0 amide bonds. The van der Waals surface area contributed by atoms with Gasteiger partial charge in [0, 0.05) is 35.9 Å². The third-order valence-electron chi connectivity index (χ3n) is 5.94. The number of benzene rings is 3. The largest absolute Gasteiger partial charge is 0.508 e. The number of furan rings is 1. The molecule has 3 aromatic carbocycles. The highest BCUT2D eigenvalue weighted by Crippen LogP contribution is 2.38. The van der Waals surface area contributed by atoms with Crippen molar-refractivity contribution in [1.29, 1.82) is 0 Å². The van der Waals surface area contributed by atoms with Gasteiger partial charge in [0.25, 0.3) is 0 Å². The number of fused-ring (bicyclic) bond motifs is 2. The van der Waals surface area contributed by atoms with Crippen molar-refractivity contribution >= 4 is 27.7 Å². The van der Waals surface area contributed by atoms with Crippen molar-refractivity contribution in [3.05, 3.63) is 94.0 Å². The van der Waals surface area contributed by atoms with Gasteiger partial charge >= 0.3 is 5.63 Å². The Balaban J connectivity index is 0.000000177. The van der Waals surface area contributed by atoms with Crippen molar-refractivity contribution < 1.29 is 33.3 Å². The zero-order valence-electron chi connectivity index (χ0n) is 21.5. The lowest BCUT2D eigenvalue weighted by molar-refractivity contribution is 0.0990. The smallest absolute Gasteiger partial charge is 0.336 e. The first kappa shape index (κ1) is 26.3. The number of rotatable bonds is 6. The molecular formula is C30H28O8.